The van der Waals surface area contributed by atoms with Crippen LogP contribution in [0.1, 0.15) is 23.1 Å². The standard InChI is InChI=1S/C21H23N3O2S/c1-13-9-10-17(15(3)11-13)22-19(25)12-18-20(26)24(4)21(27-18)23-16-8-6-5-7-14(16)2/h5-11,18H,12H2,1-4H3,(H,22,25). The maximum atomic E-state index is 12.5. The van der Waals surface area contributed by atoms with Crippen LogP contribution in [0.15, 0.2) is 47.5 Å². The first-order valence-electron chi connectivity index (χ1n) is 8.81. The highest BCUT2D eigenvalue weighted by atomic mass is 32.2. The van der Waals surface area contributed by atoms with Crippen molar-refractivity contribution in [3.63, 3.8) is 0 Å². The average molecular weight is 382 g/mol. The SMILES string of the molecule is Cc1ccc(NC(=O)CC2SC(=Nc3ccccc3C)N(C)C2=O)c(C)c1. The molecule has 6 heteroatoms. The molecular weight excluding hydrogens is 358 g/mol. The molecule has 0 saturated carbocycles. The molecule has 2 aromatic rings. The van der Waals surface area contributed by atoms with Gasteiger partial charge < -0.3 is 5.32 Å². The van der Waals surface area contributed by atoms with Crippen molar-refractivity contribution >= 4 is 40.1 Å². The van der Waals surface area contributed by atoms with E-state index in [2.05, 4.69) is 10.3 Å². The quantitative estimate of drug-likeness (QED) is 0.863. The van der Waals surface area contributed by atoms with Gasteiger partial charge in [0.2, 0.25) is 11.8 Å². The Morgan fingerprint density at radius 3 is 2.59 bits per heavy atom. The van der Waals surface area contributed by atoms with E-state index in [-0.39, 0.29) is 18.2 Å². The molecule has 1 aliphatic rings. The normalized spacial score (nSPS) is 18.2. The summed E-state index contributed by atoms with van der Waals surface area (Å²) in [7, 11) is 1.70. The fourth-order valence-corrected chi connectivity index (χ4v) is 4.06. The van der Waals surface area contributed by atoms with E-state index in [1.807, 2.05) is 63.2 Å². The average Bonchev–Trinajstić information content (AvgIpc) is 2.87. The van der Waals surface area contributed by atoms with Gasteiger partial charge in [-0.25, -0.2) is 4.99 Å². The van der Waals surface area contributed by atoms with Crippen LogP contribution in [-0.4, -0.2) is 34.2 Å². The van der Waals surface area contributed by atoms with Crippen molar-refractivity contribution in [2.24, 2.45) is 4.99 Å². The zero-order chi connectivity index (χ0) is 19.6. The van der Waals surface area contributed by atoms with Crippen LogP contribution in [0.2, 0.25) is 0 Å². The van der Waals surface area contributed by atoms with Crippen LogP contribution in [0.3, 0.4) is 0 Å². The predicted octanol–water partition coefficient (Wildman–Crippen LogP) is 4.20. The van der Waals surface area contributed by atoms with Crippen LogP contribution in [-0.2, 0) is 9.59 Å². The number of aliphatic imine (C=N–C) groups is 1. The second kappa shape index (κ2) is 7.96. The Kier molecular flexibility index (Phi) is 5.65. The van der Waals surface area contributed by atoms with E-state index in [0.717, 1.165) is 28.1 Å². The molecule has 2 aromatic carbocycles. The highest BCUT2D eigenvalue weighted by Crippen LogP contribution is 2.31. The largest absolute Gasteiger partial charge is 0.326 e. The summed E-state index contributed by atoms with van der Waals surface area (Å²) in [5, 5.41) is 3.08. The number of aryl methyl sites for hydroxylation is 3. The Morgan fingerprint density at radius 2 is 1.89 bits per heavy atom. The molecule has 1 saturated heterocycles. The van der Waals surface area contributed by atoms with E-state index in [4.69, 9.17) is 0 Å². The number of benzene rings is 2. The number of nitrogens with zero attached hydrogens (tertiary/aromatic N) is 2. The monoisotopic (exact) mass is 381 g/mol. The number of carbonyl (C=O) groups excluding carboxylic acids is 2. The summed E-state index contributed by atoms with van der Waals surface area (Å²) >= 11 is 1.34. The van der Waals surface area contributed by atoms with Crippen molar-refractivity contribution in [3.05, 3.63) is 59.2 Å². The molecule has 1 heterocycles. The van der Waals surface area contributed by atoms with Crippen LogP contribution in [0, 0.1) is 20.8 Å². The van der Waals surface area contributed by atoms with Crippen molar-refractivity contribution < 1.29 is 9.59 Å². The summed E-state index contributed by atoms with van der Waals surface area (Å²) in [4.78, 5) is 31.1. The summed E-state index contributed by atoms with van der Waals surface area (Å²) in [5.74, 6) is -0.263. The van der Waals surface area contributed by atoms with Crippen molar-refractivity contribution in [1.29, 1.82) is 0 Å². The van der Waals surface area contributed by atoms with Crippen molar-refractivity contribution in [1.82, 2.24) is 4.90 Å². The van der Waals surface area contributed by atoms with Gasteiger partial charge in [0.15, 0.2) is 5.17 Å². The summed E-state index contributed by atoms with van der Waals surface area (Å²) < 4.78 is 0. The van der Waals surface area contributed by atoms with Gasteiger partial charge in [-0.3, -0.25) is 14.5 Å². The Bertz CT molecular complexity index is 923. The molecule has 1 N–H and O–H groups in total. The Hall–Kier alpha value is -2.60. The molecule has 27 heavy (non-hydrogen) atoms. The van der Waals surface area contributed by atoms with Crippen LogP contribution in [0.4, 0.5) is 11.4 Å². The summed E-state index contributed by atoms with van der Waals surface area (Å²) in [6, 6.07) is 13.6. The maximum absolute atomic E-state index is 12.5. The molecule has 0 aliphatic carbocycles. The highest BCUT2D eigenvalue weighted by Gasteiger charge is 2.37. The molecule has 0 radical (unpaired) electrons. The van der Waals surface area contributed by atoms with Gasteiger partial charge in [-0.15, -0.1) is 0 Å². The molecule has 3 rings (SSSR count). The number of hydrogen-bond donors (Lipinski definition) is 1. The van der Waals surface area contributed by atoms with Crippen LogP contribution >= 0.6 is 11.8 Å². The molecule has 1 aliphatic heterocycles. The Labute approximate surface area is 163 Å². The summed E-state index contributed by atoms with van der Waals surface area (Å²) in [5.41, 5.74) is 4.81. The molecular formula is C21H23N3O2S. The van der Waals surface area contributed by atoms with Crippen molar-refractivity contribution in [2.75, 3.05) is 12.4 Å². The first-order chi connectivity index (χ1) is 12.8. The molecule has 0 spiro atoms. The van der Waals surface area contributed by atoms with Crippen LogP contribution in [0.5, 0.6) is 0 Å². The van der Waals surface area contributed by atoms with Gasteiger partial charge in [0.1, 0.15) is 5.25 Å². The van der Waals surface area contributed by atoms with E-state index in [1.54, 1.807) is 7.05 Å². The lowest BCUT2D eigenvalue weighted by Crippen LogP contribution is -2.30. The zero-order valence-corrected chi connectivity index (χ0v) is 16.8. The Balaban J connectivity index is 1.70. The third-order valence-electron chi connectivity index (χ3n) is 4.50. The minimum absolute atomic E-state index is 0.0943. The molecule has 140 valence electrons. The molecule has 5 nitrogen and oxygen atoms in total. The molecule has 0 aromatic heterocycles. The second-order valence-electron chi connectivity index (χ2n) is 6.76. The van der Waals surface area contributed by atoms with Gasteiger partial charge >= 0.3 is 0 Å². The molecule has 1 atom stereocenters. The van der Waals surface area contributed by atoms with Crippen LogP contribution in [0.25, 0.3) is 0 Å². The first kappa shape index (κ1) is 19.2. The minimum Gasteiger partial charge on any atom is -0.326 e. The maximum Gasteiger partial charge on any atom is 0.242 e. The minimum atomic E-state index is -0.455. The molecule has 1 unspecified atom stereocenters. The predicted molar refractivity (Wildman–Crippen MR) is 112 cm³/mol. The number of anilines is 1. The van der Waals surface area contributed by atoms with Gasteiger partial charge in [0, 0.05) is 19.2 Å². The zero-order valence-electron chi connectivity index (χ0n) is 15.9. The number of rotatable bonds is 4. The molecule has 1 fully saturated rings. The number of amides is 2. The van der Waals surface area contributed by atoms with E-state index in [0.29, 0.717) is 5.17 Å². The highest BCUT2D eigenvalue weighted by molar-refractivity contribution is 8.15. The van der Waals surface area contributed by atoms with Crippen molar-refractivity contribution in [3.8, 4) is 0 Å². The first-order valence-corrected chi connectivity index (χ1v) is 9.69. The fourth-order valence-electron chi connectivity index (χ4n) is 2.91. The molecule has 2 amide bonds. The Morgan fingerprint density at radius 1 is 1.15 bits per heavy atom. The second-order valence-corrected chi connectivity index (χ2v) is 7.93. The number of hydrogen-bond acceptors (Lipinski definition) is 4. The van der Waals surface area contributed by atoms with Gasteiger partial charge in [-0.05, 0) is 44.0 Å². The number of para-hydroxylation sites is 1. The lowest BCUT2D eigenvalue weighted by atomic mass is 10.1. The third-order valence-corrected chi connectivity index (χ3v) is 5.73. The third kappa shape index (κ3) is 4.39. The number of carbonyl (C=O) groups is 2. The fraction of sp³-hybridized carbons (Fsp3) is 0.286. The number of thioether (sulfide) groups is 1. The number of nitrogens with one attached hydrogen (secondary N) is 1. The summed E-state index contributed by atoms with van der Waals surface area (Å²) in [6.45, 7) is 5.95. The summed E-state index contributed by atoms with van der Waals surface area (Å²) in [6.07, 6.45) is 0.119. The van der Waals surface area contributed by atoms with E-state index in [9.17, 15) is 9.59 Å². The van der Waals surface area contributed by atoms with E-state index < -0.39 is 5.25 Å². The lowest BCUT2D eigenvalue weighted by molar-refractivity contribution is -0.127. The smallest absolute Gasteiger partial charge is 0.242 e. The van der Waals surface area contributed by atoms with Gasteiger partial charge in [-0.2, -0.15) is 0 Å². The van der Waals surface area contributed by atoms with Crippen molar-refractivity contribution in [2.45, 2.75) is 32.4 Å². The van der Waals surface area contributed by atoms with Gasteiger partial charge in [0.25, 0.3) is 0 Å². The van der Waals surface area contributed by atoms with E-state index >= 15 is 0 Å². The lowest BCUT2D eigenvalue weighted by Gasteiger charge is -2.11. The van der Waals surface area contributed by atoms with E-state index in [1.165, 1.54) is 16.7 Å². The van der Waals surface area contributed by atoms with Gasteiger partial charge in [0.05, 0.1) is 5.69 Å². The topological polar surface area (TPSA) is 61.8 Å². The van der Waals surface area contributed by atoms with Crippen LogP contribution < -0.4 is 5.32 Å². The number of amidine groups is 1. The molecule has 0 bridgehead atoms. The van der Waals surface area contributed by atoms with Gasteiger partial charge in [-0.1, -0.05) is 47.7 Å².